The zero-order valence-electron chi connectivity index (χ0n) is 11.1. The Bertz CT molecular complexity index is 682. The molecule has 0 aliphatic carbocycles. The van der Waals surface area contributed by atoms with E-state index >= 15 is 0 Å². The van der Waals surface area contributed by atoms with E-state index in [1.165, 1.54) is 6.20 Å². The highest BCUT2D eigenvalue weighted by molar-refractivity contribution is 7.71. The average Bonchev–Trinajstić information content (AvgIpc) is 2.73. The molecule has 20 heavy (non-hydrogen) atoms. The number of hydrogen-bond acceptors (Lipinski definition) is 4. The molecule has 0 aliphatic rings. The molecular formula is C12H15ClN4O2S. The van der Waals surface area contributed by atoms with Gasteiger partial charge in [-0.15, -0.1) is 0 Å². The Morgan fingerprint density at radius 2 is 2.45 bits per heavy atom. The zero-order valence-corrected chi connectivity index (χ0v) is 12.7. The highest BCUT2D eigenvalue weighted by Crippen LogP contribution is 2.20. The molecule has 108 valence electrons. The molecule has 0 aromatic carbocycles. The Labute approximate surface area is 126 Å². The number of imidazole rings is 1. The number of halogens is 1. The predicted octanol–water partition coefficient (Wildman–Crippen LogP) is 2.07. The first-order valence-corrected chi connectivity index (χ1v) is 6.85. The van der Waals surface area contributed by atoms with Crippen LogP contribution in [0.25, 0.3) is 11.2 Å². The van der Waals surface area contributed by atoms with Gasteiger partial charge >= 0.3 is 0 Å². The number of ether oxygens (including phenoxy) is 1. The molecule has 0 spiro atoms. The van der Waals surface area contributed by atoms with Crippen LogP contribution in [0.1, 0.15) is 13.0 Å². The maximum absolute atomic E-state index is 12.1. The van der Waals surface area contributed by atoms with Gasteiger partial charge in [0.15, 0.2) is 10.4 Å². The minimum atomic E-state index is -0.471. The van der Waals surface area contributed by atoms with E-state index in [0.29, 0.717) is 34.1 Å². The second-order valence-corrected chi connectivity index (χ2v) is 5.11. The van der Waals surface area contributed by atoms with Gasteiger partial charge < -0.3 is 15.0 Å². The molecule has 0 saturated heterocycles. The van der Waals surface area contributed by atoms with Crippen LogP contribution in [0.3, 0.4) is 0 Å². The first kappa shape index (κ1) is 15.0. The number of nitrogens with zero attached hydrogens (tertiary/aromatic N) is 2. The maximum atomic E-state index is 12.1. The normalized spacial score (nSPS) is 12.6. The number of rotatable bonds is 5. The van der Waals surface area contributed by atoms with Crippen molar-refractivity contribution < 1.29 is 9.53 Å². The Kier molecular flexibility index (Phi) is 4.74. The summed E-state index contributed by atoms with van der Waals surface area (Å²) in [6.45, 7) is 2.68. The lowest BCUT2D eigenvalue weighted by atomic mass is 10.3. The summed E-state index contributed by atoms with van der Waals surface area (Å²) >= 11 is 11.1. The lowest BCUT2D eigenvalue weighted by Crippen LogP contribution is -2.33. The Morgan fingerprint density at radius 1 is 1.70 bits per heavy atom. The molecule has 2 heterocycles. The average molecular weight is 315 g/mol. The van der Waals surface area contributed by atoms with Crippen LogP contribution < -0.4 is 5.32 Å². The maximum Gasteiger partial charge on any atom is 0.243 e. The largest absolute Gasteiger partial charge is 0.383 e. The van der Waals surface area contributed by atoms with E-state index in [4.69, 9.17) is 28.6 Å². The number of aromatic nitrogens is 3. The summed E-state index contributed by atoms with van der Waals surface area (Å²) in [6, 6.07) is 1.26. The van der Waals surface area contributed by atoms with Crippen molar-refractivity contribution in [2.75, 3.05) is 20.3 Å². The lowest BCUT2D eigenvalue weighted by Gasteiger charge is -2.14. The summed E-state index contributed by atoms with van der Waals surface area (Å²) in [6.07, 6.45) is 1.53. The highest BCUT2D eigenvalue weighted by Gasteiger charge is 2.19. The van der Waals surface area contributed by atoms with E-state index in [1.807, 2.05) is 0 Å². The van der Waals surface area contributed by atoms with Gasteiger partial charge in [0.05, 0.1) is 17.1 Å². The van der Waals surface area contributed by atoms with Gasteiger partial charge in [0.2, 0.25) is 5.91 Å². The van der Waals surface area contributed by atoms with Crippen molar-refractivity contribution >= 4 is 40.9 Å². The van der Waals surface area contributed by atoms with Crippen molar-refractivity contribution in [3.05, 3.63) is 22.1 Å². The van der Waals surface area contributed by atoms with Crippen molar-refractivity contribution in [2.45, 2.75) is 13.0 Å². The quantitative estimate of drug-likeness (QED) is 0.654. The molecule has 6 nitrogen and oxygen atoms in total. The van der Waals surface area contributed by atoms with E-state index in [2.05, 4.69) is 15.3 Å². The lowest BCUT2D eigenvalue weighted by molar-refractivity contribution is -0.124. The topological polar surface area (TPSA) is 71.9 Å². The molecule has 8 heteroatoms. The summed E-state index contributed by atoms with van der Waals surface area (Å²) in [5, 5.41) is 3.29. The van der Waals surface area contributed by atoms with Gasteiger partial charge in [0.25, 0.3) is 0 Å². The first-order chi connectivity index (χ1) is 9.54. The molecule has 0 fully saturated rings. The SMILES string of the molecule is COCCNC(=O)C(C)n1c(=S)[nH]c2cc(Cl)cnc21. The predicted molar refractivity (Wildman–Crippen MR) is 79.5 cm³/mol. The second kappa shape index (κ2) is 6.34. The van der Waals surface area contributed by atoms with Crippen molar-refractivity contribution in [2.24, 2.45) is 0 Å². The van der Waals surface area contributed by atoms with Gasteiger partial charge in [-0.05, 0) is 25.2 Å². The van der Waals surface area contributed by atoms with Crippen molar-refractivity contribution in [3.63, 3.8) is 0 Å². The molecular weight excluding hydrogens is 300 g/mol. The molecule has 0 radical (unpaired) electrons. The minimum Gasteiger partial charge on any atom is -0.383 e. The van der Waals surface area contributed by atoms with Crippen LogP contribution in [0.2, 0.25) is 5.02 Å². The van der Waals surface area contributed by atoms with Crippen molar-refractivity contribution in [1.29, 1.82) is 0 Å². The smallest absolute Gasteiger partial charge is 0.243 e. The summed E-state index contributed by atoms with van der Waals surface area (Å²) in [5.74, 6) is -0.143. The van der Waals surface area contributed by atoms with Crippen molar-refractivity contribution in [3.8, 4) is 0 Å². The number of fused-ring (bicyclic) bond motifs is 1. The molecule has 2 rings (SSSR count). The van der Waals surface area contributed by atoms with Crippen LogP contribution in [0.5, 0.6) is 0 Å². The van der Waals surface area contributed by atoms with Gasteiger partial charge in [-0.3, -0.25) is 9.36 Å². The number of methoxy groups -OCH3 is 1. The molecule has 2 N–H and O–H groups in total. The summed E-state index contributed by atoms with van der Waals surface area (Å²) in [7, 11) is 1.58. The molecule has 1 amide bonds. The number of hydrogen-bond donors (Lipinski definition) is 2. The van der Waals surface area contributed by atoms with E-state index in [-0.39, 0.29) is 5.91 Å². The Balaban J connectivity index is 2.30. The highest BCUT2D eigenvalue weighted by atomic mass is 35.5. The van der Waals surface area contributed by atoms with E-state index in [9.17, 15) is 4.79 Å². The van der Waals surface area contributed by atoms with Crippen LogP contribution in [0, 0.1) is 4.77 Å². The van der Waals surface area contributed by atoms with E-state index < -0.39 is 6.04 Å². The number of aromatic amines is 1. The number of H-pyrrole nitrogens is 1. The Morgan fingerprint density at radius 3 is 3.15 bits per heavy atom. The van der Waals surface area contributed by atoms with Crippen LogP contribution in [0.15, 0.2) is 12.3 Å². The first-order valence-electron chi connectivity index (χ1n) is 6.07. The van der Waals surface area contributed by atoms with Gasteiger partial charge in [-0.1, -0.05) is 11.6 Å². The fraction of sp³-hybridized carbons (Fsp3) is 0.417. The monoisotopic (exact) mass is 314 g/mol. The fourth-order valence-electron chi connectivity index (χ4n) is 1.89. The van der Waals surface area contributed by atoms with Crippen LogP contribution in [-0.4, -0.2) is 40.7 Å². The zero-order chi connectivity index (χ0) is 14.7. The van der Waals surface area contributed by atoms with E-state index in [1.54, 1.807) is 24.7 Å². The number of nitrogens with one attached hydrogen (secondary N) is 2. The molecule has 0 bridgehead atoms. The fourth-order valence-corrected chi connectivity index (χ4v) is 2.40. The Hall–Kier alpha value is -1.44. The minimum absolute atomic E-state index is 0.143. The molecule has 2 aromatic rings. The molecule has 1 atom stereocenters. The third-order valence-electron chi connectivity index (χ3n) is 2.89. The number of pyridine rings is 1. The number of amides is 1. The van der Waals surface area contributed by atoms with Crippen molar-refractivity contribution in [1.82, 2.24) is 19.9 Å². The van der Waals surface area contributed by atoms with Crippen LogP contribution in [0.4, 0.5) is 0 Å². The second-order valence-electron chi connectivity index (χ2n) is 4.28. The van der Waals surface area contributed by atoms with Gasteiger partial charge in [0, 0.05) is 19.9 Å². The summed E-state index contributed by atoms with van der Waals surface area (Å²) in [5.41, 5.74) is 1.31. The van der Waals surface area contributed by atoms with Gasteiger partial charge in [0.1, 0.15) is 6.04 Å². The third-order valence-corrected chi connectivity index (χ3v) is 3.40. The van der Waals surface area contributed by atoms with Gasteiger partial charge in [-0.25, -0.2) is 4.98 Å². The summed E-state index contributed by atoms with van der Waals surface area (Å²) < 4.78 is 7.00. The molecule has 0 saturated carbocycles. The molecule has 2 aromatic heterocycles. The van der Waals surface area contributed by atoms with Crippen LogP contribution in [-0.2, 0) is 9.53 Å². The number of carbonyl (C=O) groups is 1. The molecule has 0 aliphatic heterocycles. The van der Waals surface area contributed by atoms with E-state index in [0.717, 1.165) is 0 Å². The third kappa shape index (κ3) is 3.00. The molecule has 1 unspecified atom stereocenters. The van der Waals surface area contributed by atoms with Crippen LogP contribution >= 0.6 is 23.8 Å². The van der Waals surface area contributed by atoms with Gasteiger partial charge in [-0.2, -0.15) is 0 Å². The number of carbonyl (C=O) groups excluding carboxylic acids is 1. The summed E-state index contributed by atoms with van der Waals surface area (Å²) in [4.78, 5) is 19.3. The standard InChI is InChI=1S/C12H15ClN4O2S/c1-7(11(18)14-3-4-19-2)17-10-9(16-12(17)20)5-8(13)6-15-10/h5-7H,3-4H2,1-2H3,(H,14,18)(H,16,20).